The summed E-state index contributed by atoms with van der Waals surface area (Å²) in [6, 6.07) is 4.74. The fraction of sp³-hybridized carbons (Fsp3) is 0.571. The van der Waals surface area contributed by atoms with Crippen molar-refractivity contribution in [3.63, 3.8) is 0 Å². The summed E-state index contributed by atoms with van der Waals surface area (Å²) in [6.07, 6.45) is 1.94. The van der Waals surface area contributed by atoms with Gasteiger partial charge in [0.25, 0.3) is 0 Å². The smallest absolute Gasteiger partial charge is 0.243 e. The van der Waals surface area contributed by atoms with Gasteiger partial charge in [-0.3, -0.25) is 0 Å². The van der Waals surface area contributed by atoms with Crippen molar-refractivity contribution in [3.8, 4) is 0 Å². The highest BCUT2D eigenvalue weighted by Crippen LogP contribution is 2.32. The Morgan fingerprint density at radius 3 is 2.70 bits per heavy atom. The molecule has 1 aromatic rings. The van der Waals surface area contributed by atoms with E-state index >= 15 is 0 Å². The maximum absolute atomic E-state index is 12.7. The lowest BCUT2D eigenvalue weighted by Gasteiger charge is -2.37. The molecule has 0 saturated carbocycles. The molecule has 2 rings (SSSR count). The number of sulfonamides is 1. The Hall–Kier alpha value is -0.620. The molecule has 20 heavy (non-hydrogen) atoms. The van der Waals surface area contributed by atoms with Crippen LogP contribution in [0.4, 0.5) is 0 Å². The van der Waals surface area contributed by atoms with E-state index in [1.54, 1.807) is 22.5 Å². The molecule has 0 amide bonds. The summed E-state index contributed by atoms with van der Waals surface area (Å²) in [5.74, 6) is 0. The predicted octanol–water partition coefficient (Wildman–Crippen LogP) is 2.61. The SMILES string of the molecule is CC1(C)CCCN(S(=O)(=O)c2ccc(Cl)c(CN)c2)C1. The molecule has 0 aromatic heterocycles. The third-order valence-electron chi connectivity index (χ3n) is 3.74. The zero-order valence-corrected chi connectivity index (χ0v) is 13.5. The maximum Gasteiger partial charge on any atom is 0.243 e. The van der Waals surface area contributed by atoms with Crippen LogP contribution in [0.25, 0.3) is 0 Å². The first-order valence-electron chi connectivity index (χ1n) is 6.75. The molecule has 0 aliphatic carbocycles. The second-order valence-electron chi connectivity index (χ2n) is 6.06. The van der Waals surface area contributed by atoms with Gasteiger partial charge in [0.1, 0.15) is 0 Å². The van der Waals surface area contributed by atoms with Gasteiger partial charge >= 0.3 is 0 Å². The minimum Gasteiger partial charge on any atom is -0.326 e. The summed E-state index contributed by atoms with van der Waals surface area (Å²) in [4.78, 5) is 0.278. The van der Waals surface area contributed by atoms with Crippen molar-refractivity contribution in [1.82, 2.24) is 4.31 Å². The lowest BCUT2D eigenvalue weighted by molar-refractivity contribution is 0.187. The summed E-state index contributed by atoms with van der Waals surface area (Å²) >= 11 is 5.99. The first-order chi connectivity index (χ1) is 9.26. The highest BCUT2D eigenvalue weighted by Gasteiger charge is 2.34. The van der Waals surface area contributed by atoms with Gasteiger partial charge in [0, 0.05) is 24.7 Å². The van der Waals surface area contributed by atoms with Gasteiger partial charge in [-0.15, -0.1) is 0 Å². The number of hydrogen-bond donors (Lipinski definition) is 1. The largest absolute Gasteiger partial charge is 0.326 e. The van der Waals surface area contributed by atoms with Crippen molar-refractivity contribution in [1.29, 1.82) is 0 Å². The Morgan fingerprint density at radius 1 is 1.40 bits per heavy atom. The fourth-order valence-electron chi connectivity index (χ4n) is 2.59. The molecule has 1 fully saturated rings. The van der Waals surface area contributed by atoms with E-state index < -0.39 is 10.0 Å². The average Bonchev–Trinajstić information content (AvgIpc) is 2.37. The van der Waals surface area contributed by atoms with Crippen LogP contribution in [0.5, 0.6) is 0 Å². The van der Waals surface area contributed by atoms with E-state index in [1.165, 1.54) is 0 Å². The Bertz CT molecular complexity index is 599. The number of benzene rings is 1. The second kappa shape index (κ2) is 5.64. The van der Waals surface area contributed by atoms with Crippen molar-refractivity contribution in [2.24, 2.45) is 11.1 Å². The van der Waals surface area contributed by atoms with Crippen LogP contribution in [0, 0.1) is 5.41 Å². The minimum absolute atomic E-state index is 0.0223. The number of piperidine rings is 1. The van der Waals surface area contributed by atoms with Crippen molar-refractivity contribution in [2.75, 3.05) is 13.1 Å². The molecule has 0 atom stereocenters. The van der Waals surface area contributed by atoms with E-state index in [2.05, 4.69) is 13.8 Å². The first kappa shape index (κ1) is 15.8. The number of halogens is 1. The topological polar surface area (TPSA) is 63.4 Å². The second-order valence-corrected chi connectivity index (χ2v) is 8.41. The highest BCUT2D eigenvalue weighted by atomic mass is 35.5. The van der Waals surface area contributed by atoms with Gasteiger partial charge in [-0.25, -0.2) is 8.42 Å². The molecule has 2 N–H and O–H groups in total. The van der Waals surface area contributed by atoms with Crippen molar-refractivity contribution in [2.45, 2.75) is 38.1 Å². The van der Waals surface area contributed by atoms with Crippen LogP contribution in [-0.2, 0) is 16.6 Å². The molecule has 0 radical (unpaired) electrons. The van der Waals surface area contributed by atoms with Crippen molar-refractivity contribution < 1.29 is 8.42 Å². The van der Waals surface area contributed by atoms with E-state index in [1.807, 2.05) is 0 Å². The zero-order chi connectivity index (χ0) is 15.0. The van der Waals surface area contributed by atoms with Gasteiger partial charge in [-0.05, 0) is 42.0 Å². The molecule has 1 saturated heterocycles. The van der Waals surface area contributed by atoms with Gasteiger partial charge in [0.15, 0.2) is 0 Å². The molecule has 112 valence electrons. The van der Waals surface area contributed by atoms with Gasteiger partial charge in [-0.2, -0.15) is 4.31 Å². The van der Waals surface area contributed by atoms with Crippen molar-refractivity contribution >= 4 is 21.6 Å². The summed E-state index contributed by atoms with van der Waals surface area (Å²) < 4.78 is 27.0. The van der Waals surface area contributed by atoms with Crippen molar-refractivity contribution in [3.05, 3.63) is 28.8 Å². The predicted molar refractivity (Wildman–Crippen MR) is 81.1 cm³/mol. The molecule has 4 nitrogen and oxygen atoms in total. The summed E-state index contributed by atoms with van der Waals surface area (Å²) in [5.41, 5.74) is 6.27. The number of nitrogens with two attached hydrogens (primary N) is 1. The van der Waals surface area contributed by atoms with E-state index in [4.69, 9.17) is 17.3 Å². The van der Waals surface area contributed by atoms with Crippen LogP contribution >= 0.6 is 11.6 Å². The van der Waals surface area contributed by atoms with Gasteiger partial charge < -0.3 is 5.73 Å². The first-order valence-corrected chi connectivity index (χ1v) is 8.57. The third-order valence-corrected chi connectivity index (χ3v) is 5.95. The Labute approximate surface area is 126 Å². The van der Waals surface area contributed by atoms with E-state index in [0.717, 1.165) is 12.8 Å². The zero-order valence-electron chi connectivity index (χ0n) is 11.9. The van der Waals surface area contributed by atoms with Crippen LogP contribution in [0.2, 0.25) is 5.02 Å². The monoisotopic (exact) mass is 316 g/mol. The minimum atomic E-state index is -3.46. The quantitative estimate of drug-likeness (QED) is 0.932. The third kappa shape index (κ3) is 3.17. The molecule has 0 bridgehead atoms. The standard InChI is InChI=1S/C14H21ClN2O2S/c1-14(2)6-3-7-17(10-14)20(18,19)12-4-5-13(15)11(8-12)9-16/h4-5,8H,3,6-7,9-10,16H2,1-2H3. The molecule has 0 spiro atoms. The van der Waals surface area contributed by atoms with Gasteiger partial charge in [-0.1, -0.05) is 25.4 Å². The Kier molecular flexibility index (Phi) is 4.44. The molecule has 6 heteroatoms. The van der Waals surface area contributed by atoms with Crippen LogP contribution < -0.4 is 5.73 Å². The van der Waals surface area contributed by atoms with E-state index in [9.17, 15) is 8.42 Å². The molecular formula is C14H21ClN2O2S. The molecule has 0 unspecified atom stereocenters. The number of hydrogen-bond acceptors (Lipinski definition) is 3. The lowest BCUT2D eigenvalue weighted by Crippen LogP contribution is -2.43. The fourth-order valence-corrected chi connectivity index (χ4v) is 4.50. The van der Waals surface area contributed by atoms with Crippen LogP contribution in [0.3, 0.4) is 0 Å². The molecule has 1 aliphatic heterocycles. The highest BCUT2D eigenvalue weighted by molar-refractivity contribution is 7.89. The van der Waals surface area contributed by atoms with E-state index in [0.29, 0.717) is 23.7 Å². The summed E-state index contributed by atoms with van der Waals surface area (Å²) in [6.45, 7) is 5.56. The van der Waals surface area contributed by atoms with Crippen LogP contribution in [-0.4, -0.2) is 25.8 Å². The summed E-state index contributed by atoms with van der Waals surface area (Å²) in [7, 11) is -3.46. The summed E-state index contributed by atoms with van der Waals surface area (Å²) in [5, 5.41) is 0.505. The Morgan fingerprint density at radius 2 is 2.10 bits per heavy atom. The number of nitrogens with zero attached hydrogens (tertiary/aromatic N) is 1. The van der Waals surface area contributed by atoms with Crippen LogP contribution in [0.15, 0.2) is 23.1 Å². The van der Waals surface area contributed by atoms with E-state index in [-0.39, 0.29) is 16.9 Å². The van der Waals surface area contributed by atoms with Gasteiger partial charge in [0.2, 0.25) is 10.0 Å². The normalized spacial score (nSPS) is 20.0. The molecule has 1 heterocycles. The number of rotatable bonds is 3. The maximum atomic E-state index is 12.7. The molecule has 1 aromatic carbocycles. The Balaban J connectivity index is 2.35. The molecular weight excluding hydrogens is 296 g/mol. The molecule has 1 aliphatic rings. The van der Waals surface area contributed by atoms with Gasteiger partial charge in [0.05, 0.1) is 4.90 Å². The van der Waals surface area contributed by atoms with Crippen LogP contribution in [0.1, 0.15) is 32.3 Å². The average molecular weight is 317 g/mol. The lowest BCUT2D eigenvalue weighted by atomic mass is 9.85.